The van der Waals surface area contributed by atoms with Crippen molar-refractivity contribution in [1.29, 1.82) is 0 Å². The first-order valence-electron chi connectivity index (χ1n) is 7.46. The van der Waals surface area contributed by atoms with Crippen LogP contribution in [0.25, 0.3) is 24.3 Å². The molecule has 0 bridgehead atoms. The van der Waals surface area contributed by atoms with E-state index in [-0.39, 0.29) is 0 Å². The van der Waals surface area contributed by atoms with Crippen molar-refractivity contribution in [3.63, 3.8) is 0 Å². The summed E-state index contributed by atoms with van der Waals surface area (Å²) in [5.74, 6) is 0. The van der Waals surface area contributed by atoms with Gasteiger partial charge in [-0.15, -0.1) is 0 Å². The van der Waals surface area contributed by atoms with Crippen LogP contribution in [-0.2, 0) is 0 Å². The van der Waals surface area contributed by atoms with Gasteiger partial charge in [0.2, 0.25) is 0 Å². The molecule has 0 aromatic heterocycles. The lowest BCUT2D eigenvalue weighted by Crippen LogP contribution is -1.76. The predicted molar refractivity (Wildman–Crippen MR) is 97.2 cm³/mol. The van der Waals surface area contributed by atoms with Crippen molar-refractivity contribution in [1.82, 2.24) is 0 Å². The third kappa shape index (κ3) is 4.07. The molecule has 106 valence electrons. The SMILES string of the molecule is C(=C/c1cccc(/C=C/c2ccccc2)c1)/c1ccccc1. The summed E-state index contributed by atoms with van der Waals surface area (Å²) in [5, 5.41) is 0. The van der Waals surface area contributed by atoms with Crippen LogP contribution in [0.3, 0.4) is 0 Å². The molecule has 0 aliphatic carbocycles. The smallest absolute Gasteiger partial charge is 0.0251 e. The highest BCUT2D eigenvalue weighted by Gasteiger charge is 1.91. The van der Waals surface area contributed by atoms with Gasteiger partial charge in [-0.2, -0.15) is 0 Å². The van der Waals surface area contributed by atoms with Gasteiger partial charge in [0.1, 0.15) is 0 Å². The molecule has 0 spiro atoms. The number of hydrogen-bond donors (Lipinski definition) is 0. The molecular weight excluding hydrogens is 264 g/mol. The summed E-state index contributed by atoms with van der Waals surface area (Å²) in [4.78, 5) is 0. The maximum Gasteiger partial charge on any atom is -0.0251 e. The number of rotatable bonds is 4. The lowest BCUT2D eigenvalue weighted by atomic mass is 10.1. The van der Waals surface area contributed by atoms with E-state index >= 15 is 0 Å². The average molecular weight is 282 g/mol. The topological polar surface area (TPSA) is 0 Å². The van der Waals surface area contributed by atoms with E-state index < -0.39 is 0 Å². The molecule has 3 aromatic rings. The van der Waals surface area contributed by atoms with Crippen molar-refractivity contribution in [3.8, 4) is 0 Å². The summed E-state index contributed by atoms with van der Waals surface area (Å²) in [5.41, 5.74) is 4.85. The Kier molecular flexibility index (Phi) is 4.63. The van der Waals surface area contributed by atoms with Crippen LogP contribution in [0.5, 0.6) is 0 Å². The van der Waals surface area contributed by atoms with Crippen LogP contribution >= 0.6 is 0 Å². The van der Waals surface area contributed by atoms with E-state index in [1.54, 1.807) is 0 Å². The Balaban J connectivity index is 1.75. The summed E-state index contributed by atoms with van der Waals surface area (Å²) >= 11 is 0. The zero-order chi connectivity index (χ0) is 15.0. The summed E-state index contributed by atoms with van der Waals surface area (Å²) in [6, 6.07) is 29.2. The molecule has 0 heteroatoms. The monoisotopic (exact) mass is 282 g/mol. The van der Waals surface area contributed by atoms with Crippen molar-refractivity contribution < 1.29 is 0 Å². The molecule has 3 rings (SSSR count). The molecule has 0 unspecified atom stereocenters. The molecular formula is C22H18. The molecule has 0 heterocycles. The fourth-order valence-corrected chi connectivity index (χ4v) is 2.28. The van der Waals surface area contributed by atoms with Crippen LogP contribution in [0, 0.1) is 0 Å². The van der Waals surface area contributed by atoms with Gasteiger partial charge in [-0.3, -0.25) is 0 Å². The Bertz CT molecular complexity index is 701. The molecule has 0 nitrogen and oxygen atoms in total. The lowest BCUT2D eigenvalue weighted by molar-refractivity contribution is 1.61. The van der Waals surface area contributed by atoms with E-state index in [1.807, 2.05) is 12.1 Å². The summed E-state index contributed by atoms with van der Waals surface area (Å²) in [6.45, 7) is 0. The highest BCUT2D eigenvalue weighted by molar-refractivity contribution is 5.74. The number of benzene rings is 3. The number of hydrogen-bond acceptors (Lipinski definition) is 0. The average Bonchev–Trinajstić information content (AvgIpc) is 2.60. The first-order chi connectivity index (χ1) is 10.9. The second kappa shape index (κ2) is 7.24. The molecule has 0 aliphatic rings. The minimum absolute atomic E-state index is 1.21. The van der Waals surface area contributed by atoms with Crippen LogP contribution in [0.2, 0.25) is 0 Å². The van der Waals surface area contributed by atoms with Gasteiger partial charge in [0, 0.05) is 0 Å². The van der Waals surface area contributed by atoms with Gasteiger partial charge in [-0.1, -0.05) is 103 Å². The molecule has 0 radical (unpaired) electrons. The normalized spacial score (nSPS) is 11.3. The predicted octanol–water partition coefficient (Wildman–Crippen LogP) is 6.03. The Morgan fingerprint density at radius 1 is 0.364 bits per heavy atom. The van der Waals surface area contributed by atoms with E-state index in [0.29, 0.717) is 0 Å². The van der Waals surface area contributed by atoms with Gasteiger partial charge in [-0.25, -0.2) is 0 Å². The summed E-state index contributed by atoms with van der Waals surface area (Å²) < 4.78 is 0. The van der Waals surface area contributed by atoms with Crippen molar-refractivity contribution in [2.45, 2.75) is 0 Å². The van der Waals surface area contributed by atoms with E-state index in [1.165, 1.54) is 22.3 Å². The maximum atomic E-state index is 2.19. The molecule has 0 N–H and O–H groups in total. The molecule has 0 aliphatic heterocycles. The molecule has 0 fully saturated rings. The van der Waals surface area contributed by atoms with Crippen molar-refractivity contribution in [2.24, 2.45) is 0 Å². The standard InChI is InChI=1S/C22H18/c1-3-8-19(9-4-1)14-16-21-12-7-13-22(18-21)17-15-20-10-5-2-6-11-20/h1-18H/b16-14-,17-15+. The second-order valence-corrected chi connectivity index (χ2v) is 5.16. The highest BCUT2D eigenvalue weighted by atomic mass is 14.0. The summed E-state index contributed by atoms with van der Waals surface area (Å²) in [6.07, 6.45) is 8.57. The molecule has 0 saturated carbocycles. The summed E-state index contributed by atoms with van der Waals surface area (Å²) in [7, 11) is 0. The van der Waals surface area contributed by atoms with E-state index in [4.69, 9.17) is 0 Å². The zero-order valence-corrected chi connectivity index (χ0v) is 12.4. The van der Waals surface area contributed by atoms with Crippen LogP contribution in [0.15, 0.2) is 84.9 Å². The van der Waals surface area contributed by atoms with Gasteiger partial charge in [0.25, 0.3) is 0 Å². The third-order valence-corrected chi connectivity index (χ3v) is 3.45. The molecule has 0 saturated heterocycles. The first kappa shape index (κ1) is 14.1. The van der Waals surface area contributed by atoms with Crippen molar-refractivity contribution >= 4 is 24.3 Å². The zero-order valence-electron chi connectivity index (χ0n) is 12.4. The minimum atomic E-state index is 1.21. The highest BCUT2D eigenvalue weighted by Crippen LogP contribution is 2.13. The van der Waals surface area contributed by atoms with Crippen LogP contribution < -0.4 is 0 Å². The Hall–Kier alpha value is -2.86. The van der Waals surface area contributed by atoms with Gasteiger partial charge in [0.05, 0.1) is 0 Å². The Labute approximate surface area is 132 Å². The minimum Gasteiger partial charge on any atom is -0.0622 e. The largest absolute Gasteiger partial charge is 0.0622 e. The van der Waals surface area contributed by atoms with Crippen LogP contribution in [0.1, 0.15) is 22.3 Å². The van der Waals surface area contributed by atoms with E-state index in [9.17, 15) is 0 Å². The molecule has 22 heavy (non-hydrogen) atoms. The van der Waals surface area contributed by atoms with Crippen LogP contribution in [0.4, 0.5) is 0 Å². The van der Waals surface area contributed by atoms with E-state index in [0.717, 1.165) is 0 Å². The Morgan fingerprint density at radius 2 is 0.727 bits per heavy atom. The maximum absolute atomic E-state index is 2.19. The molecule has 0 atom stereocenters. The van der Waals surface area contributed by atoms with Gasteiger partial charge in [-0.05, 0) is 28.3 Å². The van der Waals surface area contributed by atoms with Crippen LogP contribution in [-0.4, -0.2) is 0 Å². The van der Waals surface area contributed by atoms with Crippen molar-refractivity contribution in [3.05, 3.63) is 107 Å². The van der Waals surface area contributed by atoms with Gasteiger partial charge < -0.3 is 0 Å². The lowest BCUT2D eigenvalue weighted by Gasteiger charge is -1.98. The van der Waals surface area contributed by atoms with E-state index in [2.05, 4.69) is 97.1 Å². The fraction of sp³-hybridized carbons (Fsp3) is 0. The Morgan fingerprint density at radius 3 is 1.18 bits per heavy atom. The second-order valence-electron chi connectivity index (χ2n) is 5.16. The molecule has 3 aromatic carbocycles. The quantitative estimate of drug-likeness (QED) is 0.513. The van der Waals surface area contributed by atoms with Crippen molar-refractivity contribution in [2.75, 3.05) is 0 Å². The first-order valence-corrected chi connectivity index (χ1v) is 7.46. The molecule has 0 amide bonds. The van der Waals surface area contributed by atoms with Gasteiger partial charge in [0.15, 0.2) is 0 Å². The third-order valence-electron chi connectivity index (χ3n) is 3.45. The van der Waals surface area contributed by atoms with Gasteiger partial charge >= 0.3 is 0 Å². The fourth-order valence-electron chi connectivity index (χ4n) is 2.28.